The number of benzene rings is 2. The molecule has 0 atom stereocenters. The monoisotopic (exact) mass is 422 g/mol. The van der Waals surface area contributed by atoms with Crippen molar-refractivity contribution in [3.8, 4) is 17.1 Å². The molecule has 0 fully saturated rings. The molecule has 0 N–H and O–H groups in total. The number of furan rings is 1. The normalized spacial score (nSPS) is 10.8. The lowest BCUT2D eigenvalue weighted by molar-refractivity contribution is -0.384. The van der Waals surface area contributed by atoms with Crippen molar-refractivity contribution in [3.05, 3.63) is 88.4 Å². The number of non-ortho nitro benzene ring substituents is 1. The summed E-state index contributed by atoms with van der Waals surface area (Å²) in [6, 6.07) is 17.9. The summed E-state index contributed by atoms with van der Waals surface area (Å²) >= 11 is 1.51. The first-order valence-corrected chi connectivity index (χ1v) is 10.1. The van der Waals surface area contributed by atoms with Gasteiger partial charge in [-0.15, -0.1) is 10.2 Å². The standard InChI is InChI=1S/C21H18N4O4S/c1-28-18-5-2-4-16(12-18)20-22-23-21(24(20)13-19-6-3-11-29-19)30-14-15-7-9-17(10-8-15)25(26)27/h2-12H,13-14H2,1H3. The van der Waals surface area contributed by atoms with Gasteiger partial charge in [0.25, 0.3) is 5.69 Å². The number of nitro groups is 1. The smallest absolute Gasteiger partial charge is 0.269 e. The molecule has 0 bridgehead atoms. The largest absolute Gasteiger partial charge is 0.497 e. The Labute approximate surface area is 176 Å². The molecule has 0 spiro atoms. The Morgan fingerprint density at radius 3 is 2.67 bits per heavy atom. The van der Waals surface area contributed by atoms with Crippen LogP contribution in [0.1, 0.15) is 11.3 Å². The Balaban J connectivity index is 1.61. The summed E-state index contributed by atoms with van der Waals surface area (Å²) in [4.78, 5) is 10.4. The number of nitrogens with zero attached hydrogens (tertiary/aromatic N) is 4. The average molecular weight is 422 g/mol. The molecule has 0 amide bonds. The molecule has 9 heteroatoms. The highest BCUT2D eigenvalue weighted by molar-refractivity contribution is 7.98. The summed E-state index contributed by atoms with van der Waals surface area (Å²) in [6.45, 7) is 0.481. The van der Waals surface area contributed by atoms with Crippen molar-refractivity contribution in [3.63, 3.8) is 0 Å². The van der Waals surface area contributed by atoms with Crippen LogP contribution in [0.4, 0.5) is 5.69 Å². The third kappa shape index (κ3) is 4.36. The molecular formula is C21H18N4O4S. The molecule has 4 rings (SSSR count). The zero-order valence-electron chi connectivity index (χ0n) is 16.1. The van der Waals surface area contributed by atoms with Crippen LogP contribution < -0.4 is 4.74 Å². The summed E-state index contributed by atoms with van der Waals surface area (Å²) in [5.74, 6) is 2.83. The zero-order valence-corrected chi connectivity index (χ0v) is 16.9. The number of aromatic nitrogens is 3. The van der Waals surface area contributed by atoms with Crippen molar-refractivity contribution in [1.29, 1.82) is 0 Å². The highest BCUT2D eigenvalue weighted by Crippen LogP contribution is 2.29. The first-order chi connectivity index (χ1) is 14.6. The minimum atomic E-state index is -0.405. The van der Waals surface area contributed by atoms with Gasteiger partial charge in [0.15, 0.2) is 11.0 Å². The molecule has 8 nitrogen and oxygen atoms in total. The SMILES string of the molecule is COc1cccc(-c2nnc(SCc3ccc([N+](=O)[O-])cc3)n2Cc2ccco2)c1. The van der Waals surface area contributed by atoms with Gasteiger partial charge in [-0.3, -0.25) is 14.7 Å². The van der Waals surface area contributed by atoms with E-state index in [1.807, 2.05) is 41.0 Å². The van der Waals surface area contributed by atoms with Gasteiger partial charge in [0.2, 0.25) is 0 Å². The van der Waals surface area contributed by atoms with Crippen molar-refractivity contribution in [1.82, 2.24) is 14.8 Å². The summed E-state index contributed by atoms with van der Waals surface area (Å²) in [5.41, 5.74) is 1.92. The number of ether oxygens (including phenoxy) is 1. The van der Waals surface area contributed by atoms with Crippen LogP contribution in [0, 0.1) is 10.1 Å². The predicted octanol–water partition coefficient (Wildman–Crippen LogP) is 4.80. The van der Waals surface area contributed by atoms with Crippen LogP contribution in [0.5, 0.6) is 5.75 Å². The zero-order chi connectivity index (χ0) is 20.9. The molecular weight excluding hydrogens is 404 g/mol. The Morgan fingerprint density at radius 1 is 1.13 bits per heavy atom. The van der Waals surface area contributed by atoms with E-state index in [0.29, 0.717) is 18.1 Å². The number of thioether (sulfide) groups is 1. The first-order valence-electron chi connectivity index (χ1n) is 9.10. The third-order valence-corrected chi connectivity index (χ3v) is 5.49. The fourth-order valence-corrected chi connectivity index (χ4v) is 3.83. The highest BCUT2D eigenvalue weighted by Gasteiger charge is 2.17. The summed E-state index contributed by atoms with van der Waals surface area (Å²) in [5, 5.41) is 20.3. The van der Waals surface area contributed by atoms with Gasteiger partial charge in [-0.05, 0) is 29.8 Å². The molecule has 4 aromatic rings. The maximum absolute atomic E-state index is 10.8. The van der Waals surface area contributed by atoms with Crippen LogP contribution >= 0.6 is 11.8 Å². The van der Waals surface area contributed by atoms with Crippen LogP contribution in [0.3, 0.4) is 0 Å². The van der Waals surface area contributed by atoms with Gasteiger partial charge in [-0.25, -0.2) is 0 Å². The summed E-state index contributed by atoms with van der Waals surface area (Å²) < 4.78 is 12.8. The molecule has 30 heavy (non-hydrogen) atoms. The molecule has 0 unspecified atom stereocenters. The molecule has 0 saturated heterocycles. The van der Waals surface area contributed by atoms with Gasteiger partial charge in [0.1, 0.15) is 11.5 Å². The van der Waals surface area contributed by atoms with Gasteiger partial charge in [0, 0.05) is 23.4 Å². The van der Waals surface area contributed by atoms with E-state index in [9.17, 15) is 10.1 Å². The topological polar surface area (TPSA) is 96.2 Å². The van der Waals surface area contributed by atoms with Crippen LogP contribution in [-0.4, -0.2) is 26.8 Å². The first kappa shape index (κ1) is 19.7. The molecule has 0 saturated carbocycles. The van der Waals surface area contributed by atoms with Crippen LogP contribution in [-0.2, 0) is 12.3 Å². The van der Waals surface area contributed by atoms with Crippen LogP contribution in [0.15, 0.2) is 76.5 Å². The Bertz CT molecular complexity index is 1140. The second kappa shape index (κ2) is 8.83. The maximum atomic E-state index is 10.8. The van der Waals surface area contributed by atoms with Crippen molar-refractivity contribution in [2.45, 2.75) is 17.5 Å². The lowest BCUT2D eigenvalue weighted by atomic mass is 10.2. The van der Waals surface area contributed by atoms with E-state index in [1.54, 1.807) is 25.5 Å². The van der Waals surface area contributed by atoms with Gasteiger partial charge < -0.3 is 9.15 Å². The lowest BCUT2D eigenvalue weighted by Crippen LogP contribution is -2.03. The van der Waals surface area contributed by atoms with Crippen molar-refractivity contribution >= 4 is 17.4 Å². The molecule has 0 aliphatic carbocycles. The number of rotatable bonds is 8. The second-order valence-electron chi connectivity index (χ2n) is 6.42. The molecule has 2 heterocycles. The van der Waals surface area contributed by atoms with E-state index >= 15 is 0 Å². The average Bonchev–Trinajstić information content (AvgIpc) is 3.43. The Kier molecular flexibility index (Phi) is 5.80. The predicted molar refractivity (Wildman–Crippen MR) is 112 cm³/mol. The molecule has 152 valence electrons. The fourth-order valence-electron chi connectivity index (χ4n) is 2.93. The van der Waals surface area contributed by atoms with E-state index in [1.165, 1.54) is 23.9 Å². The number of methoxy groups -OCH3 is 1. The van der Waals surface area contributed by atoms with Crippen molar-refractivity contribution in [2.75, 3.05) is 7.11 Å². The molecule has 0 radical (unpaired) electrons. The van der Waals surface area contributed by atoms with Crippen LogP contribution in [0.2, 0.25) is 0 Å². The summed E-state index contributed by atoms with van der Waals surface area (Å²) in [6.07, 6.45) is 1.63. The third-order valence-electron chi connectivity index (χ3n) is 4.45. The Morgan fingerprint density at radius 2 is 1.97 bits per heavy atom. The number of hydrogen-bond donors (Lipinski definition) is 0. The maximum Gasteiger partial charge on any atom is 0.269 e. The number of hydrogen-bond acceptors (Lipinski definition) is 7. The molecule has 2 aromatic heterocycles. The van der Waals surface area contributed by atoms with E-state index in [4.69, 9.17) is 9.15 Å². The van der Waals surface area contributed by atoms with E-state index in [2.05, 4.69) is 10.2 Å². The molecule has 0 aliphatic rings. The van der Waals surface area contributed by atoms with Gasteiger partial charge in [0.05, 0.1) is 24.8 Å². The van der Waals surface area contributed by atoms with E-state index in [-0.39, 0.29) is 5.69 Å². The Hall–Kier alpha value is -3.59. The molecule has 0 aliphatic heterocycles. The lowest BCUT2D eigenvalue weighted by Gasteiger charge is -2.10. The van der Waals surface area contributed by atoms with Crippen molar-refractivity contribution in [2.24, 2.45) is 0 Å². The van der Waals surface area contributed by atoms with E-state index in [0.717, 1.165) is 27.8 Å². The summed E-state index contributed by atoms with van der Waals surface area (Å²) in [7, 11) is 1.62. The minimum absolute atomic E-state index is 0.0741. The van der Waals surface area contributed by atoms with Gasteiger partial charge in [-0.1, -0.05) is 36.0 Å². The number of nitro benzene ring substituents is 1. The fraction of sp³-hybridized carbons (Fsp3) is 0.143. The molecule has 2 aromatic carbocycles. The quantitative estimate of drug-likeness (QED) is 0.229. The van der Waals surface area contributed by atoms with Crippen LogP contribution in [0.25, 0.3) is 11.4 Å². The van der Waals surface area contributed by atoms with E-state index < -0.39 is 4.92 Å². The second-order valence-corrected chi connectivity index (χ2v) is 7.36. The highest BCUT2D eigenvalue weighted by atomic mass is 32.2. The van der Waals surface area contributed by atoms with Gasteiger partial charge in [-0.2, -0.15) is 0 Å². The van der Waals surface area contributed by atoms with Crippen molar-refractivity contribution < 1.29 is 14.1 Å². The minimum Gasteiger partial charge on any atom is -0.497 e. The van der Waals surface area contributed by atoms with Gasteiger partial charge >= 0.3 is 0 Å².